The zero-order valence-corrected chi connectivity index (χ0v) is 31.0. The van der Waals surface area contributed by atoms with E-state index in [4.69, 9.17) is 24.8 Å². The molecule has 4 N–H and O–H groups in total. The lowest BCUT2D eigenvalue weighted by atomic mass is 10.1. The molecule has 0 aromatic rings. The topological polar surface area (TPSA) is 172 Å². The van der Waals surface area contributed by atoms with Gasteiger partial charge in [-0.3, -0.25) is 23.4 Å². The summed E-state index contributed by atoms with van der Waals surface area (Å²) in [7, 11) is -4.70. The Labute approximate surface area is 290 Å². The van der Waals surface area contributed by atoms with Gasteiger partial charge < -0.3 is 25.2 Å². The van der Waals surface area contributed by atoms with Crippen LogP contribution in [0.4, 0.5) is 0 Å². The molecule has 0 fully saturated rings. The Kier molecular flexibility index (Phi) is 31.2. The third-order valence-electron chi connectivity index (χ3n) is 8.01. The van der Waals surface area contributed by atoms with Crippen molar-refractivity contribution in [2.24, 2.45) is 5.73 Å². The van der Waals surface area contributed by atoms with E-state index in [1.54, 1.807) is 0 Å². The van der Waals surface area contributed by atoms with Crippen LogP contribution in [0.2, 0.25) is 0 Å². The quantitative estimate of drug-likeness (QED) is 0.0249. The zero-order valence-electron chi connectivity index (χ0n) is 30.1. The number of rotatable bonds is 35. The molecule has 3 atom stereocenters. The van der Waals surface area contributed by atoms with E-state index in [1.165, 1.54) is 70.6 Å². The molecule has 0 aliphatic heterocycles. The van der Waals surface area contributed by atoms with E-state index >= 15 is 0 Å². The maximum absolute atomic E-state index is 12.5. The van der Waals surface area contributed by atoms with Gasteiger partial charge in [0.05, 0.1) is 13.2 Å². The summed E-state index contributed by atoms with van der Waals surface area (Å²) in [5.41, 5.74) is 5.31. The van der Waals surface area contributed by atoms with Crippen LogP contribution in [-0.4, -0.2) is 59.9 Å². The Hall–Kier alpha value is -1.78. The standard InChI is InChI=1S/C36H68NO10P/c1-3-5-7-9-11-13-15-16-17-18-20-21-23-25-27-34(38)44-29-32(30-45-48(42,43)46-31-33(37)36(40)41)47-35(39)28-26-24-22-19-14-12-10-8-6-4-2/h15-16,32-33H,3-14,17-31,37H2,1-2H3,(H,40,41)(H,42,43)/b16-15-/t32-,33+/m1/s1. The van der Waals surface area contributed by atoms with Crippen molar-refractivity contribution in [2.45, 2.75) is 180 Å². The average molecular weight is 706 g/mol. The minimum atomic E-state index is -4.70. The predicted octanol–water partition coefficient (Wildman–Crippen LogP) is 8.95. The number of phosphoric acid groups is 1. The van der Waals surface area contributed by atoms with Gasteiger partial charge in [0.15, 0.2) is 6.10 Å². The molecule has 282 valence electrons. The number of carboxylic acid groups (broad SMARTS) is 1. The molecule has 0 aromatic heterocycles. The summed E-state index contributed by atoms with van der Waals surface area (Å²) in [6.07, 6.45) is 28.6. The van der Waals surface area contributed by atoms with Crippen LogP contribution in [0.25, 0.3) is 0 Å². The third-order valence-corrected chi connectivity index (χ3v) is 8.96. The van der Waals surface area contributed by atoms with Gasteiger partial charge in [-0.15, -0.1) is 0 Å². The Morgan fingerprint density at radius 1 is 0.625 bits per heavy atom. The average Bonchev–Trinajstić information content (AvgIpc) is 3.05. The zero-order chi connectivity index (χ0) is 35.7. The number of carbonyl (C=O) groups is 3. The summed E-state index contributed by atoms with van der Waals surface area (Å²) < 4.78 is 32.5. The number of hydrogen-bond acceptors (Lipinski definition) is 9. The number of carboxylic acids is 1. The van der Waals surface area contributed by atoms with Crippen molar-refractivity contribution in [3.8, 4) is 0 Å². The number of aliphatic carboxylic acids is 1. The Balaban J connectivity index is 4.44. The van der Waals surface area contributed by atoms with E-state index in [2.05, 4.69) is 30.5 Å². The molecular formula is C36H68NO10P. The van der Waals surface area contributed by atoms with Crippen LogP contribution in [0.5, 0.6) is 0 Å². The summed E-state index contributed by atoms with van der Waals surface area (Å²) in [6, 6.07) is -1.52. The molecule has 0 aliphatic rings. The lowest BCUT2D eigenvalue weighted by Crippen LogP contribution is -2.34. The fourth-order valence-corrected chi connectivity index (χ4v) is 5.78. The molecule has 11 nitrogen and oxygen atoms in total. The van der Waals surface area contributed by atoms with Crippen molar-refractivity contribution in [1.82, 2.24) is 0 Å². The Morgan fingerprint density at radius 2 is 1.04 bits per heavy atom. The van der Waals surface area contributed by atoms with Crippen molar-refractivity contribution in [3.63, 3.8) is 0 Å². The summed E-state index contributed by atoms with van der Waals surface area (Å²) >= 11 is 0. The molecule has 1 unspecified atom stereocenters. The van der Waals surface area contributed by atoms with Crippen LogP contribution in [0.3, 0.4) is 0 Å². The fourth-order valence-electron chi connectivity index (χ4n) is 5.00. The first-order valence-electron chi connectivity index (χ1n) is 18.7. The van der Waals surface area contributed by atoms with Crippen LogP contribution in [0.15, 0.2) is 12.2 Å². The fraction of sp³-hybridized carbons (Fsp3) is 0.861. The van der Waals surface area contributed by atoms with Gasteiger partial charge in [-0.05, 0) is 38.5 Å². The highest BCUT2D eigenvalue weighted by Gasteiger charge is 2.28. The van der Waals surface area contributed by atoms with Crippen LogP contribution in [-0.2, 0) is 37.5 Å². The van der Waals surface area contributed by atoms with Gasteiger partial charge in [0.1, 0.15) is 12.6 Å². The van der Waals surface area contributed by atoms with Crippen LogP contribution in [0.1, 0.15) is 168 Å². The minimum absolute atomic E-state index is 0.163. The van der Waals surface area contributed by atoms with Crippen molar-refractivity contribution in [3.05, 3.63) is 12.2 Å². The molecule has 0 rings (SSSR count). The number of allylic oxidation sites excluding steroid dienone is 2. The number of unbranched alkanes of at least 4 members (excludes halogenated alkanes) is 19. The minimum Gasteiger partial charge on any atom is -0.480 e. The van der Waals surface area contributed by atoms with Crippen molar-refractivity contribution >= 4 is 25.7 Å². The first kappa shape index (κ1) is 46.2. The maximum Gasteiger partial charge on any atom is 0.472 e. The first-order valence-corrected chi connectivity index (χ1v) is 20.2. The molecule has 0 spiro atoms. The van der Waals surface area contributed by atoms with Crippen molar-refractivity contribution in [2.75, 3.05) is 19.8 Å². The summed E-state index contributed by atoms with van der Waals surface area (Å²) in [4.78, 5) is 45.6. The lowest BCUT2D eigenvalue weighted by molar-refractivity contribution is -0.161. The second-order valence-corrected chi connectivity index (χ2v) is 14.2. The highest BCUT2D eigenvalue weighted by molar-refractivity contribution is 7.47. The predicted molar refractivity (Wildman–Crippen MR) is 189 cm³/mol. The number of phosphoric ester groups is 1. The molecule has 0 amide bonds. The summed E-state index contributed by atoms with van der Waals surface area (Å²) in [5.74, 6) is -2.39. The molecule has 0 saturated carbocycles. The van der Waals surface area contributed by atoms with Crippen LogP contribution in [0, 0.1) is 0 Å². The van der Waals surface area contributed by atoms with Gasteiger partial charge in [0.25, 0.3) is 0 Å². The van der Waals surface area contributed by atoms with E-state index in [0.29, 0.717) is 12.8 Å². The van der Waals surface area contributed by atoms with E-state index in [9.17, 15) is 23.8 Å². The number of hydrogen-bond donors (Lipinski definition) is 3. The third kappa shape index (κ3) is 31.5. The smallest absolute Gasteiger partial charge is 0.472 e. The number of esters is 2. The number of carbonyl (C=O) groups excluding carboxylic acids is 2. The number of ether oxygens (including phenoxy) is 2. The molecule has 0 aliphatic carbocycles. The van der Waals surface area contributed by atoms with Gasteiger partial charge >= 0.3 is 25.7 Å². The molecule has 0 radical (unpaired) electrons. The van der Waals surface area contributed by atoms with E-state index in [0.717, 1.165) is 57.8 Å². The van der Waals surface area contributed by atoms with Crippen molar-refractivity contribution < 1.29 is 47.5 Å². The summed E-state index contributed by atoms with van der Waals surface area (Å²) in [5, 5.41) is 8.84. The highest BCUT2D eigenvalue weighted by atomic mass is 31.2. The monoisotopic (exact) mass is 705 g/mol. The second kappa shape index (κ2) is 32.4. The molecule has 48 heavy (non-hydrogen) atoms. The molecule has 12 heteroatoms. The Morgan fingerprint density at radius 3 is 1.52 bits per heavy atom. The maximum atomic E-state index is 12.5. The SMILES string of the molecule is CCCCCCC/C=C\CCCCCCCC(=O)OC[C@H](COP(=O)(O)OC[C@H](N)C(=O)O)OC(=O)CCCCCCCCCCCC. The first-order chi connectivity index (χ1) is 23.1. The van der Waals surface area contributed by atoms with Gasteiger partial charge in [0, 0.05) is 12.8 Å². The molecule has 0 bridgehead atoms. The molecule has 0 heterocycles. The van der Waals surface area contributed by atoms with Crippen LogP contribution < -0.4 is 5.73 Å². The van der Waals surface area contributed by atoms with Crippen molar-refractivity contribution in [1.29, 1.82) is 0 Å². The molecule has 0 aromatic carbocycles. The normalized spacial score (nSPS) is 14.1. The van der Waals surface area contributed by atoms with Gasteiger partial charge in [-0.1, -0.05) is 129 Å². The van der Waals surface area contributed by atoms with Gasteiger partial charge in [-0.25, -0.2) is 4.57 Å². The molecule has 0 saturated heterocycles. The largest absolute Gasteiger partial charge is 0.480 e. The van der Waals surface area contributed by atoms with E-state index < -0.39 is 51.1 Å². The van der Waals surface area contributed by atoms with E-state index in [-0.39, 0.29) is 19.4 Å². The summed E-state index contributed by atoms with van der Waals surface area (Å²) in [6.45, 7) is 2.75. The van der Waals surface area contributed by atoms with Gasteiger partial charge in [0.2, 0.25) is 0 Å². The van der Waals surface area contributed by atoms with E-state index in [1.807, 2.05) is 0 Å². The highest BCUT2D eigenvalue weighted by Crippen LogP contribution is 2.43. The molecular weight excluding hydrogens is 637 g/mol. The number of nitrogens with two attached hydrogens (primary N) is 1. The van der Waals surface area contributed by atoms with Gasteiger partial charge in [-0.2, -0.15) is 0 Å². The lowest BCUT2D eigenvalue weighted by Gasteiger charge is -2.20. The second-order valence-electron chi connectivity index (χ2n) is 12.7. The van der Waals surface area contributed by atoms with Crippen LogP contribution >= 0.6 is 7.82 Å². The Bertz CT molecular complexity index is 885.